The van der Waals surface area contributed by atoms with Crippen molar-refractivity contribution in [3.8, 4) is 23.0 Å². The van der Waals surface area contributed by atoms with Crippen LogP contribution in [0.3, 0.4) is 0 Å². The molecular weight excluding hydrogens is 325 g/mol. The molecule has 1 aliphatic rings. The predicted molar refractivity (Wildman–Crippen MR) is 89.2 cm³/mol. The molecule has 4 rings (SSSR count). The number of para-hydroxylation sites is 2. The number of benzene rings is 2. The highest BCUT2D eigenvalue weighted by Gasteiger charge is 2.24. The van der Waals surface area contributed by atoms with Crippen LogP contribution in [0.1, 0.15) is 5.89 Å². The van der Waals surface area contributed by atoms with Gasteiger partial charge in [-0.2, -0.15) is 0 Å². The lowest BCUT2D eigenvalue weighted by atomic mass is 10.2. The molecule has 2 aromatic carbocycles. The average Bonchev–Trinajstić information content (AvgIpc) is 3.10. The number of fused-ring (bicyclic) bond motifs is 1. The molecule has 0 atom stereocenters. The van der Waals surface area contributed by atoms with Crippen LogP contribution in [0.5, 0.6) is 11.5 Å². The van der Waals surface area contributed by atoms with E-state index in [-0.39, 0.29) is 5.82 Å². The third kappa shape index (κ3) is 2.88. The summed E-state index contributed by atoms with van der Waals surface area (Å²) in [5, 5.41) is 8.18. The first kappa shape index (κ1) is 15.4. The van der Waals surface area contributed by atoms with Crippen molar-refractivity contribution in [2.45, 2.75) is 6.54 Å². The Balaban J connectivity index is 1.61. The maximum atomic E-state index is 14.2. The molecule has 0 bridgehead atoms. The molecular formula is C18H16FN3O3. The number of hydrogen-bond acceptors (Lipinski definition) is 6. The van der Waals surface area contributed by atoms with Crippen molar-refractivity contribution in [1.29, 1.82) is 0 Å². The van der Waals surface area contributed by atoms with Crippen molar-refractivity contribution in [1.82, 2.24) is 10.2 Å². The second-order valence-corrected chi connectivity index (χ2v) is 5.56. The van der Waals surface area contributed by atoms with Crippen LogP contribution in [0.25, 0.3) is 11.5 Å². The third-order valence-electron chi connectivity index (χ3n) is 4.02. The van der Waals surface area contributed by atoms with E-state index in [2.05, 4.69) is 10.2 Å². The number of methoxy groups -OCH3 is 1. The lowest BCUT2D eigenvalue weighted by Crippen LogP contribution is -2.33. The molecule has 0 spiro atoms. The molecule has 0 saturated heterocycles. The zero-order chi connectivity index (χ0) is 17.2. The van der Waals surface area contributed by atoms with E-state index in [1.165, 1.54) is 6.07 Å². The van der Waals surface area contributed by atoms with E-state index in [0.717, 1.165) is 5.56 Å². The first-order valence-electron chi connectivity index (χ1n) is 7.88. The van der Waals surface area contributed by atoms with Gasteiger partial charge in [-0.05, 0) is 24.3 Å². The van der Waals surface area contributed by atoms with Gasteiger partial charge in [0.1, 0.15) is 29.6 Å². The summed E-state index contributed by atoms with van der Waals surface area (Å²) in [6.07, 6.45) is 0. The van der Waals surface area contributed by atoms with Gasteiger partial charge in [-0.1, -0.05) is 18.2 Å². The highest BCUT2D eigenvalue weighted by molar-refractivity contribution is 5.63. The minimum atomic E-state index is -0.332. The van der Waals surface area contributed by atoms with E-state index < -0.39 is 0 Å². The van der Waals surface area contributed by atoms with E-state index in [0.29, 0.717) is 48.7 Å². The third-order valence-corrected chi connectivity index (χ3v) is 4.02. The van der Waals surface area contributed by atoms with Crippen LogP contribution < -0.4 is 14.4 Å². The average molecular weight is 341 g/mol. The molecule has 0 unspecified atom stereocenters. The molecule has 2 heterocycles. The van der Waals surface area contributed by atoms with Crippen molar-refractivity contribution >= 4 is 5.69 Å². The zero-order valence-electron chi connectivity index (χ0n) is 13.6. The van der Waals surface area contributed by atoms with Crippen LogP contribution in [0, 0.1) is 5.82 Å². The second kappa shape index (κ2) is 6.43. The Hall–Kier alpha value is -3.09. The van der Waals surface area contributed by atoms with Gasteiger partial charge in [-0.25, -0.2) is 4.39 Å². The van der Waals surface area contributed by atoms with Crippen molar-refractivity contribution in [3.63, 3.8) is 0 Å². The molecule has 3 aromatic rings. The molecule has 0 amide bonds. The van der Waals surface area contributed by atoms with Gasteiger partial charge in [-0.15, -0.1) is 10.2 Å². The molecule has 128 valence electrons. The Morgan fingerprint density at radius 3 is 2.92 bits per heavy atom. The SMILES string of the molecule is COc1ccccc1-c1nnc(CN2CCOc3cccc(F)c32)o1. The number of anilines is 1. The Morgan fingerprint density at radius 2 is 2.04 bits per heavy atom. The molecule has 0 N–H and O–H groups in total. The highest BCUT2D eigenvalue weighted by atomic mass is 19.1. The summed E-state index contributed by atoms with van der Waals surface area (Å²) in [6.45, 7) is 1.32. The van der Waals surface area contributed by atoms with Gasteiger partial charge in [0, 0.05) is 0 Å². The molecule has 0 aliphatic carbocycles. The van der Waals surface area contributed by atoms with Crippen molar-refractivity contribution in [3.05, 3.63) is 54.2 Å². The number of ether oxygens (including phenoxy) is 2. The Bertz CT molecular complexity index is 897. The lowest BCUT2D eigenvalue weighted by Gasteiger charge is -2.30. The minimum absolute atomic E-state index is 0.305. The molecule has 25 heavy (non-hydrogen) atoms. The zero-order valence-corrected chi connectivity index (χ0v) is 13.6. The number of rotatable bonds is 4. The summed E-state index contributed by atoms with van der Waals surface area (Å²) >= 11 is 0. The number of halogens is 1. The first-order chi connectivity index (χ1) is 12.3. The predicted octanol–water partition coefficient (Wildman–Crippen LogP) is 3.28. The summed E-state index contributed by atoms with van der Waals surface area (Å²) in [5.74, 6) is 1.62. The normalized spacial score (nSPS) is 13.3. The van der Waals surface area contributed by atoms with Gasteiger partial charge < -0.3 is 18.8 Å². The molecule has 0 radical (unpaired) electrons. The minimum Gasteiger partial charge on any atom is -0.496 e. The van der Waals surface area contributed by atoms with Crippen LogP contribution in [0.15, 0.2) is 46.9 Å². The van der Waals surface area contributed by atoms with Crippen molar-refractivity contribution < 1.29 is 18.3 Å². The highest BCUT2D eigenvalue weighted by Crippen LogP contribution is 2.35. The van der Waals surface area contributed by atoms with Gasteiger partial charge in [0.25, 0.3) is 5.89 Å². The van der Waals surface area contributed by atoms with Gasteiger partial charge in [0.15, 0.2) is 0 Å². The van der Waals surface area contributed by atoms with Crippen LogP contribution in [0.4, 0.5) is 10.1 Å². The van der Waals surface area contributed by atoms with E-state index in [4.69, 9.17) is 13.9 Å². The topological polar surface area (TPSA) is 60.6 Å². The summed E-state index contributed by atoms with van der Waals surface area (Å²) in [5.41, 5.74) is 1.14. The molecule has 6 nitrogen and oxygen atoms in total. The van der Waals surface area contributed by atoms with Crippen LogP contribution in [-0.2, 0) is 6.54 Å². The fourth-order valence-corrected chi connectivity index (χ4v) is 2.87. The standard InChI is InChI=1S/C18H16FN3O3/c1-23-14-7-3-2-5-12(14)18-21-20-16(25-18)11-22-9-10-24-15-8-4-6-13(19)17(15)22/h2-8H,9-11H2,1H3. The van der Waals surface area contributed by atoms with E-state index in [9.17, 15) is 4.39 Å². The van der Waals surface area contributed by atoms with Crippen molar-refractivity contribution in [2.75, 3.05) is 25.2 Å². The quantitative estimate of drug-likeness (QED) is 0.726. The number of hydrogen-bond donors (Lipinski definition) is 0. The summed E-state index contributed by atoms with van der Waals surface area (Å²) in [6, 6.07) is 12.2. The van der Waals surface area contributed by atoms with Crippen LogP contribution in [0.2, 0.25) is 0 Å². The fraction of sp³-hybridized carbons (Fsp3) is 0.222. The first-order valence-corrected chi connectivity index (χ1v) is 7.88. The Morgan fingerprint density at radius 1 is 1.16 bits per heavy atom. The fourth-order valence-electron chi connectivity index (χ4n) is 2.87. The molecule has 1 aliphatic heterocycles. The van der Waals surface area contributed by atoms with E-state index in [1.807, 2.05) is 29.2 Å². The number of nitrogens with zero attached hydrogens (tertiary/aromatic N) is 3. The Kier molecular flexibility index (Phi) is 3.97. The van der Waals surface area contributed by atoms with E-state index in [1.54, 1.807) is 19.2 Å². The lowest BCUT2D eigenvalue weighted by molar-refractivity contribution is 0.301. The van der Waals surface area contributed by atoms with Gasteiger partial charge in [0.05, 0.1) is 25.8 Å². The maximum Gasteiger partial charge on any atom is 0.251 e. The second-order valence-electron chi connectivity index (χ2n) is 5.56. The van der Waals surface area contributed by atoms with Gasteiger partial charge in [0.2, 0.25) is 5.89 Å². The molecule has 0 saturated carbocycles. The van der Waals surface area contributed by atoms with E-state index >= 15 is 0 Å². The summed E-state index contributed by atoms with van der Waals surface area (Å²) < 4.78 is 30.8. The van der Waals surface area contributed by atoms with Crippen LogP contribution >= 0.6 is 0 Å². The largest absolute Gasteiger partial charge is 0.496 e. The monoisotopic (exact) mass is 341 g/mol. The van der Waals surface area contributed by atoms with Gasteiger partial charge in [-0.3, -0.25) is 0 Å². The molecule has 7 heteroatoms. The Labute approximate surface area is 143 Å². The summed E-state index contributed by atoms with van der Waals surface area (Å²) in [7, 11) is 1.59. The molecule has 1 aromatic heterocycles. The summed E-state index contributed by atoms with van der Waals surface area (Å²) in [4.78, 5) is 1.84. The molecule has 0 fully saturated rings. The smallest absolute Gasteiger partial charge is 0.251 e. The van der Waals surface area contributed by atoms with Crippen LogP contribution in [-0.4, -0.2) is 30.5 Å². The van der Waals surface area contributed by atoms with Gasteiger partial charge >= 0.3 is 0 Å². The van der Waals surface area contributed by atoms with Crippen molar-refractivity contribution in [2.24, 2.45) is 0 Å². The number of aromatic nitrogens is 2. The maximum absolute atomic E-state index is 14.2.